The van der Waals surface area contributed by atoms with E-state index < -0.39 is 5.54 Å². The molecular formula is C26H31N7O2S. The Balaban J connectivity index is 1.35. The van der Waals surface area contributed by atoms with Crippen LogP contribution in [0.4, 0.5) is 16.4 Å². The van der Waals surface area contributed by atoms with E-state index in [9.17, 15) is 4.79 Å². The fraction of sp³-hybridized carbons (Fsp3) is 0.385. The highest BCUT2D eigenvalue weighted by molar-refractivity contribution is 7.17. The van der Waals surface area contributed by atoms with E-state index in [-0.39, 0.29) is 12.2 Å². The summed E-state index contributed by atoms with van der Waals surface area (Å²) in [6, 6.07) is 11.9. The second-order valence-electron chi connectivity index (χ2n) is 9.78. The number of aromatic amines is 1. The van der Waals surface area contributed by atoms with Gasteiger partial charge in [-0.25, -0.2) is 14.8 Å². The second kappa shape index (κ2) is 9.87. The second-order valence-corrected chi connectivity index (χ2v) is 10.7. The number of thiophene rings is 1. The molecule has 0 spiro atoms. The lowest BCUT2D eigenvalue weighted by molar-refractivity contribution is 0.0302. The molecule has 10 heteroatoms. The van der Waals surface area contributed by atoms with Crippen LogP contribution in [0, 0.1) is 0 Å². The number of aromatic nitrogens is 4. The van der Waals surface area contributed by atoms with E-state index in [4.69, 9.17) is 4.74 Å². The molecule has 3 aromatic heterocycles. The first-order valence-corrected chi connectivity index (χ1v) is 12.9. The number of ether oxygens (including phenoxy) is 1. The van der Waals surface area contributed by atoms with E-state index in [1.165, 1.54) is 6.33 Å². The van der Waals surface area contributed by atoms with Gasteiger partial charge in [0.25, 0.3) is 0 Å². The van der Waals surface area contributed by atoms with E-state index >= 15 is 0 Å². The van der Waals surface area contributed by atoms with Crippen LogP contribution >= 0.6 is 11.3 Å². The van der Waals surface area contributed by atoms with Gasteiger partial charge < -0.3 is 15.0 Å². The molecule has 0 saturated heterocycles. The largest absolute Gasteiger partial charge is 0.441 e. The minimum Gasteiger partial charge on any atom is -0.441 e. The number of H-pyrrole nitrogens is 1. The van der Waals surface area contributed by atoms with Gasteiger partial charge in [0.05, 0.1) is 28.0 Å². The summed E-state index contributed by atoms with van der Waals surface area (Å²) in [5.74, 6) is 1.36. The minimum atomic E-state index is -0.603. The summed E-state index contributed by atoms with van der Waals surface area (Å²) in [6.07, 6.45) is 2.58. The molecule has 1 aliphatic rings. The summed E-state index contributed by atoms with van der Waals surface area (Å²) >= 11 is 1.57. The molecule has 188 valence electrons. The third-order valence-corrected chi connectivity index (χ3v) is 7.57. The summed E-state index contributed by atoms with van der Waals surface area (Å²) in [5, 5.41) is 13.0. The molecule has 1 amide bonds. The number of fused-ring (bicyclic) bond motifs is 2. The number of anilines is 2. The first-order valence-electron chi connectivity index (χ1n) is 12.1. The number of benzene rings is 1. The van der Waals surface area contributed by atoms with E-state index in [0.29, 0.717) is 18.2 Å². The maximum Gasteiger partial charge on any atom is 0.411 e. The lowest BCUT2D eigenvalue weighted by Gasteiger charge is -2.32. The zero-order valence-electron chi connectivity index (χ0n) is 21.0. The molecule has 2 N–H and O–H groups in total. The predicted octanol–water partition coefficient (Wildman–Crippen LogP) is 5.43. The van der Waals surface area contributed by atoms with Crippen LogP contribution in [0.3, 0.4) is 0 Å². The van der Waals surface area contributed by atoms with Gasteiger partial charge in [0.15, 0.2) is 11.6 Å². The highest BCUT2D eigenvalue weighted by Gasteiger charge is 2.45. The molecule has 0 bridgehead atoms. The number of amides is 1. The number of hydrogen-bond acceptors (Lipinski definition) is 8. The number of nitrogens with zero attached hydrogens (tertiary/aromatic N) is 5. The molecule has 4 aromatic rings. The van der Waals surface area contributed by atoms with Crippen LogP contribution in [0.5, 0.6) is 0 Å². The van der Waals surface area contributed by atoms with Crippen molar-refractivity contribution in [3.05, 3.63) is 64.9 Å². The molecule has 0 saturated carbocycles. The Hall–Kier alpha value is -3.50. The van der Waals surface area contributed by atoms with Gasteiger partial charge in [-0.2, -0.15) is 5.10 Å². The lowest BCUT2D eigenvalue weighted by atomic mass is 10.0. The summed E-state index contributed by atoms with van der Waals surface area (Å²) in [4.78, 5) is 26.2. The first-order chi connectivity index (χ1) is 17.3. The van der Waals surface area contributed by atoms with Crippen molar-refractivity contribution in [2.45, 2.75) is 44.9 Å². The molecule has 1 atom stereocenters. The molecule has 0 fully saturated rings. The quantitative estimate of drug-likeness (QED) is 0.329. The minimum absolute atomic E-state index is 0.308. The molecule has 5 rings (SSSR count). The van der Waals surface area contributed by atoms with Gasteiger partial charge in [-0.3, -0.25) is 10.00 Å². The van der Waals surface area contributed by atoms with Crippen molar-refractivity contribution in [1.82, 2.24) is 30.0 Å². The topological polar surface area (TPSA) is 99.3 Å². The Morgan fingerprint density at radius 3 is 2.81 bits per heavy atom. The van der Waals surface area contributed by atoms with Crippen molar-refractivity contribution in [2.75, 3.05) is 26.0 Å². The van der Waals surface area contributed by atoms with E-state index in [0.717, 1.165) is 46.4 Å². The maximum absolute atomic E-state index is 13.5. The normalized spacial score (nSPS) is 15.3. The van der Waals surface area contributed by atoms with Gasteiger partial charge in [0.2, 0.25) is 0 Å². The van der Waals surface area contributed by atoms with Crippen LogP contribution < -0.4 is 5.32 Å². The lowest BCUT2D eigenvalue weighted by Crippen LogP contribution is -2.41. The van der Waals surface area contributed by atoms with Crippen LogP contribution in [-0.2, 0) is 16.8 Å². The van der Waals surface area contributed by atoms with Crippen molar-refractivity contribution in [1.29, 1.82) is 0 Å². The van der Waals surface area contributed by atoms with Crippen LogP contribution in [0.25, 0.3) is 10.2 Å². The maximum atomic E-state index is 13.5. The Morgan fingerprint density at radius 2 is 2.03 bits per heavy atom. The number of nitrogens with one attached hydrogen (secondary N) is 2. The molecule has 0 unspecified atom stereocenters. The van der Waals surface area contributed by atoms with Crippen molar-refractivity contribution in [3.8, 4) is 0 Å². The highest BCUT2D eigenvalue weighted by Crippen LogP contribution is 2.42. The van der Waals surface area contributed by atoms with E-state index in [2.05, 4.69) is 44.5 Å². The number of rotatable bonds is 8. The SMILES string of the molecule is CN(C)CCC[C@@H](OC(=O)N1Cc2c(Nc3ncnc4ccsc34)n[nH]c2C1(C)C)c1ccccc1. The van der Waals surface area contributed by atoms with Crippen LogP contribution in [0.15, 0.2) is 48.1 Å². The molecule has 1 aromatic carbocycles. The summed E-state index contributed by atoms with van der Waals surface area (Å²) in [5.41, 5.74) is 3.12. The van der Waals surface area contributed by atoms with Gasteiger partial charge in [0, 0.05) is 5.56 Å². The Labute approximate surface area is 214 Å². The predicted molar refractivity (Wildman–Crippen MR) is 141 cm³/mol. The zero-order chi connectivity index (χ0) is 25.3. The zero-order valence-corrected chi connectivity index (χ0v) is 21.8. The Morgan fingerprint density at radius 1 is 1.22 bits per heavy atom. The third kappa shape index (κ3) is 4.66. The van der Waals surface area contributed by atoms with Gasteiger partial charge in [0.1, 0.15) is 12.4 Å². The van der Waals surface area contributed by atoms with Gasteiger partial charge in [-0.1, -0.05) is 30.3 Å². The van der Waals surface area contributed by atoms with Gasteiger partial charge in [-0.15, -0.1) is 11.3 Å². The Kier molecular flexibility index (Phi) is 6.63. The van der Waals surface area contributed by atoms with Crippen molar-refractivity contribution in [3.63, 3.8) is 0 Å². The molecule has 1 aliphatic heterocycles. The summed E-state index contributed by atoms with van der Waals surface area (Å²) in [6.45, 7) is 5.33. The van der Waals surface area contributed by atoms with Crippen LogP contribution in [0.2, 0.25) is 0 Å². The van der Waals surface area contributed by atoms with Crippen molar-refractivity contribution < 1.29 is 9.53 Å². The van der Waals surface area contributed by atoms with Gasteiger partial charge in [-0.05, 0) is 64.3 Å². The molecule has 9 nitrogen and oxygen atoms in total. The summed E-state index contributed by atoms with van der Waals surface area (Å²) in [7, 11) is 4.10. The molecule has 36 heavy (non-hydrogen) atoms. The fourth-order valence-electron chi connectivity index (χ4n) is 4.64. The molecule has 0 aliphatic carbocycles. The molecule has 0 radical (unpaired) electrons. The van der Waals surface area contributed by atoms with E-state index in [1.54, 1.807) is 16.2 Å². The fourth-order valence-corrected chi connectivity index (χ4v) is 5.43. The molecular weight excluding hydrogens is 474 g/mol. The monoisotopic (exact) mass is 505 g/mol. The molecule has 4 heterocycles. The highest BCUT2D eigenvalue weighted by atomic mass is 32.1. The van der Waals surface area contributed by atoms with Crippen molar-refractivity contribution >= 4 is 39.3 Å². The third-order valence-electron chi connectivity index (χ3n) is 6.66. The standard InChI is InChI=1S/C26H31N7O2S/c1-26(2)22-18(23(31-30-22)29-24-21-19(12-14-36-21)27-16-28-24)15-33(26)25(34)35-20(11-8-13-32(3)4)17-9-6-5-7-10-17/h5-7,9-10,12,14,16,20H,8,11,13,15H2,1-4H3,(H2,27,28,29,30,31)/t20-/m1/s1. The number of hydrogen-bond donors (Lipinski definition) is 2. The Bertz CT molecular complexity index is 1350. The van der Waals surface area contributed by atoms with Gasteiger partial charge >= 0.3 is 6.09 Å². The van der Waals surface area contributed by atoms with E-state index in [1.807, 2.05) is 55.6 Å². The van der Waals surface area contributed by atoms with Crippen LogP contribution in [0.1, 0.15) is 49.6 Å². The number of carbonyl (C=O) groups is 1. The van der Waals surface area contributed by atoms with Crippen LogP contribution in [-0.4, -0.2) is 56.7 Å². The van der Waals surface area contributed by atoms with Crippen molar-refractivity contribution in [2.24, 2.45) is 0 Å². The summed E-state index contributed by atoms with van der Waals surface area (Å²) < 4.78 is 7.10. The smallest absolute Gasteiger partial charge is 0.411 e. The number of carbonyl (C=O) groups excluding carboxylic acids is 1. The first kappa shape index (κ1) is 24.2. The average Bonchev–Trinajstić information content (AvgIpc) is 3.55. The average molecular weight is 506 g/mol.